The molecule has 0 aliphatic carbocycles. The number of hydrogen-bond donors (Lipinski definition) is 3. The number of rotatable bonds is 5. The standard InChI is InChI=1S/C28H31N7O/c36-28(33-22-4-6-27(32-18-22)35-13-9-29-10-14-35)24-7-8-31-26-5-3-20(16-25(24)26)21-15-23(19-30-17-21)34-11-1-2-12-34/h3-7,15-19,29,31H,1-2,8-14H2,(H,33,36). The van der Waals surface area contributed by atoms with E-state index in [0.29, 0.717) is 17.8 Å². The molecule has 2 saturated heterocycles. The first-order valence-corrected chi connectivity index (χ1v) is 12.8. The number of fused-ring (bicyclic) bond motifs is 1. The van der Waals surface area contributed by atoms with Gasteiger partial charge >= 0.3 is 0 Å². The van der Waals surface area contributed by atoms with E-state index in [-0.39, 0.29) is 5.91 Å². The van der Waals surface area contributed by atoms with Crippen LogP contribution in [0.4, 0.5) is 22.9 Å². The summed E-state index contributed by atoms with van der Waals surface area (Å²) in [6, 6.07) is 12.3. The highest BCUT2D eigenvalue weighted by atomic mass is 16.1. The van der Waals surface area contributed by atoms with Gasteiger partial charge in [-0.2, -0.15) is 0 Å². The summed E-state index contributed by atoms with van der Waals surface area (Å²) in [4.78, 5) is 27.0. The lowest BCUT2D eigenvalue weighted by molar-refractivity contribution is -0.111. The minimum Gasteiger partial charge on any atom is -0.381 e. The number of aromatic nitrogens is 2. The van der Waals surface area contributed by atoms with Crippen LogP contribution in [0.15, 0.2) is 61.1 Å². The monoisotopic (exact) mass is 481 g/mol. The number of carbonyl (C=O) groups is 1. The van der Waals surface area contributed by atoms with Crippen LogP contribution in [0.1, 0.15) is 18.4 Å². The SMILES string of the molecule is O=C(Nc1ccc(N2CCNCC2)nc1)C1=CCNc2ccc(-c3cncc(N4CCCC4)c3)cc21. The summed E-state index contributed by atoms with van der Waals surface area (Å²) in [6.45, 7) is 6.57. The Morgan fingerprint density at radius 3 is 2.56 bits per heavy atom. The van der Waals surface area contributed by atoms with Crippen molar-refractivity contribution < 1.29 is 4.79 Å². The van der Waals surface area contributed by atoms with Gasteiger partial charge in [-0.3, -0.25) is 9.78 Å². The molecule has 0 spiro atoms. The van der Waals surface area contributed by atoms with Crippen LogP contribution in [0.5, 0.6) is 0 Å². The highest BCUT2D eigenvalue weighted by Crippen LogP contribution is 2.34. The van der Waals surface area contributed by atoms with E-state index >= 15 is 0 Å². The van der Waals surface area contributed by atoms with Crippen molar-refractivity contribution in [2.45, 2.75) is 12.8 Å². The van der Waals surface area contributed by atoms with E-state index in [1.54, 1.807) is 6.20 Å². The number of nitrogens with one attached hydrogen (secondary N) is 3. The first-order chi connectivity index (χ1) is 17.7. The Labute approximate surface area is 211 Å². The zero-order chi connectivity index (χ0) is 24.3. The predicted octanol–water partition coefficient (Wildman–Crippen LogP) is 3.60. The molecule has 2 aromatic heterocycles. The Kier molecular flexibility index (Phi) is 6.26. The number of pyridine rings is 2. The van der Waals surface area contributed by atoms with Gasteiger partial charge in [0.05, 0.1) is 23.8 Å². The smallest absolute Gasteiger partial charge is 0.256 e. The molecule has 5 heterocycles. The summed E-state index contributed by atoms with van der Waals surface area (Å²) in [5, 5.41) is 9.78. The molecular weight excluding hydrogens is 450 g/mol. The number of piperazine rings is 1. The number of nitrogens with zero attached hydrogens (tertiary/aromatic N) is 4. The third-order valence-corrected chi connectivity index (χ3v) is 7.13. The van der Waals surface area contributed by atoms with Crippen LogP contribution >= 0.6 is 0 Å². The molecule has 0 atom stereocenters. The van der Waals surface area contributed by atoms with Gasteiger partial charge in [-0.15, -0.1) is 0 Å². The van der Waals surface area contributed by atoms with E-state index < -0.39 is 0 Å². The predicted molar refractivity (Wildman–Crippen MR) is 146 cm³/mol. The lowest BCUT2D eigenvalue weighted by atomic mass is 9.95. The second-order valence-corrected chi connectivity index (χ2v) is 9.48. The van der Waals surface area contributed by atoms with Crippen LogP contribution in [-0.4, -0.2) is 61.7 Å². The Morgan fingerprint density at radius 2 is 1.75 bits per heavy atom. The van der Waals surface area contributed by atoms with Gasteiger partial charge in [0, 0.05) is 74.4 Å². The average Bonchev–Trinajstić information content (AvgIpc) is 3.49. The Bertz CT molecular complexity index is 1280. The lowest BCUT2D eigenvalue weighted by Crippen LogP contribution is -2.43. The molecule has 3 N–H and O–H groups in total. The molecule has 6 rings (SSSR count). The third kappa shape index (κ3) is 4.64. The molecule has 184 valence electrons. The number of amides is 1. The Morgan fingerprint density at radius 1 is 0.889 bits per heavy atom. The summed E-state index contributed by atoms with van der Waals surface area (Å²) in [6.07, 6.45) is 9.98. The molecule has 8 heteroatoms. The topological polar surface area (TPSA) is 85.4 Å². The van der Waals surface area contributed by atoms with E-state index in [4.69, 9.17) is 0 Å². The van der Waals surface area contributed by atoms with E-state index in [0.717, 1.165) is 73.2 Å². The zero-order valence-electron chi connectivity index (χ0n) is 20.3. The van der Waals surface area contributed by atoms with E-state index in [1.165, 1.54) is 12.8 Å². The van der Waals surface area contributed by atoms with Gasteiger partial charge < -0.3 is 25.8 Å². The van der Waals surface area contributed by atoms with Crippen molar-refractivity contribution in [1.29, 1.82) is 0 Å². The maximum absolute atomic E-state index is 13.3. The van der Waals surface area contributed by atoms with Gasteiger partial charge in [-0.05, 0) is 48.7 Å². The summed E-state index contributed by atoms with van der Waals surface area (Å²) in [7, 11) is 0. The molecule has 0 bridgehead atoms. The minimum absolute atomic E-state index is 0.129. The molecule has 3 aliphatic rings. The minimum atomic E-state index is -0.129. The normalized spacial score (nSPS) is 17.3. The zero-order valence-corrected chi connectivity index (χ0v) is 20.3. The maximum atomic E-state index is 13.3. The number of anilines is 4. The molecule has 1 amide bonds. The van der Waals surface area contributed by atoms with E-state index in [9.17, 15) is 4.79 Å². The van der Waals surface area contributed by atoms with Crippen LogP contribution in [0.25, 0.3) is 16.7 Å². The lowest BCUT2D eigenvalue weighted by Gasteiger charge is -2.28. The summed E-state index contributed by atoms with van der Waals surface area (Å²) >= 11 is 0. The van der Waals surface area contributed by atoms with Crippen molar-refractivity contribution in [3.05, 3.63) is 66.6 Å². The largest absolute Gasteiger partial charge is 0.381 e. The molecule has 0 saturated carbocycles. The fourth-order valence-electron chi connectivity index (χ4n) is 5.16. The van der Waals surface area contributed by atoms with Crippen molar-refractivity contribution in [3.8, 4) is 11.1 Å². The molecule has 3 aromatic rings. The fraction of sp³-hybridized carbons (Fsp3) is 0.321. The molecule has 2 fully saturated rings. The molecule has 0 radical (unpaired) electrons. The van der Waals surface area contributed by atoms with E-state index in [2.05, 4.69) is 60.0 Å². The van der Waals surface area contributed by atoms with Crippen LogP contribution in [0, 0.1) is 0 Å². The van der Waals surface area contributed by atoms with Gasteiger partial charge in [0.15, 0.2) is 0 Å². The van der Waals surface area contributed by atoms with Crippen molar-refractivity contribution >= 4 is 34.4 Å². The van der Waals surface area contributed by atoms with Crippen molar-refractivity contribution in [3.63, 3.8) is 0 Å². The summed E-state index contributed by atoms with van der Waals surface area (Å²) in [5.74, 6) is 0.811. The van der Waals surface area contributed by atoms with Crippen LogP contribution < -0.4 is 25.8 Å². The molecule has 36 heavy (non-hydrogen) atoms. The molecule has 3 aliphatic heterocycles. The third-order valence-electron chi connectivity index (χ3n) is 7.13. The van der Waals surface area contributed by atoms with Crippen LogP contribution in [-0.2, 0) is 4.79 Å². The number of carbonyl (C=O) groups excluding carboxylic acids is 1. The Hall–Kier alpha value is -3.91. The first kappa shape index (κ1) is 22.5. The number of benzene rings is 1. The second-order valence-electron chi connectivity index (χ2n) is 9.48. The van der Waals surface area contributed by atoms with Crippen molar-refractivity contribution in [2.75, 3.05) is 66.2 Å². The summed E-state index contributed by atoms with van der Waals surface area (Å²) < 4.78 is 0. The van der Waals surface area contributed by atoms with Gasteiger partial charge in [0.2, 0.25) is 0 Å². The summed E-state index contributed by atoms with van der Waals surface area (Å²) in [5.41, 5.74) is 6.48. The van der Waals surface area contributed by atoms with Crippen molar-refractivity contribution in [1.82, 2.24) is 15.3 Å². The molecule has 0 unspecified atom stereocenters. The maximum Gasteiger partial charge on any atom is 0.256 e. The highest BCUT2D eigenvalue weighted by Gasteiger charge is 2.21. The van der Waals surface area contributed by atoms with Gasteiger partial charge in [0.25, 0.3) is 5.91 Å². The molecule has 1 aromatic carbocycles. The van der Waals surface area contributed by atoms with E-state index in [1.807, 2.05) is 30.6 Å². The fourth-order valence-corrected chi connectivity index (χ4v) is 5.16. The van der Waals surface area contributed by atoms with Gasteiger partial charge in [-0.25, -0.2) is 4.98 Å². The molecule has 8 nitrogen and oxygen atoms in total. The van der Waals surface area contributed by atoms with Gasteiger partial charge in [0.1, 0.15) is 5.82 Å². The van der Waals surface area contributed by atoms with Crippen molar-refractivity contribution in [2.24, 2.45) is 0 Å². The highest BCUT2D eigenvalue weighted by molar-refractivity contribution is 6.27. The number of hydrogen-bond acceptors (Lipinski definition) is 7. The second kappa shape index (κ2) is 9.99. The van der Waals surface area contributed by atoms with Gasteiger partial charge in [-0.1, -0.05) is 12.1 Å². The van der Waals surface area contributed by atoms with Crippen LogP contribution in [0.3, 0.4) is 0 Å². The molecular formula is C28H31N7O. The quantitative estimate of drug-likeness (QED) is 0.513. The first-order valence-electron chi connectivity index (χ1n) is 12.8. The average molecular weight is 482 g/mol. The van der Waals surface area contributed by atoms with Crippen LogP contribution in [0.2, 0.25) is 0 Å². The Balaban J connectivity index is 1.21.